The van der Waals surface area contributed by atoms with E-state index in [2.05, 4.69) is 54.6 Å². The van der Waals surface area contributed by atoms with Crippen LogP contribution in [0.2, 0.25) is 0 Å². The van der Waals surface area contributed by atoms with Crippen molar-refractivity contribution in [3.8, 4) is 11.1 Å². The fourth-order valence-electron chi connectivity index (χ4n) is 3.83. The largest absolute Gasteiger partial charge is 0.330 e. The van der Waals surface area contributed by atoms with Gasteiger partial charge >= 0.3 is 0 Å². The molecule has 1 aliphatic rings. The molecule has 2 N–H and O–H groups in total. The van der Waals surface area contributed by atoms with Crippen molar-refractivity contribution in [1.29, 1.82) is 0 Å². The zero-order valence-electron chi connectivity index (χ0n) is 12.7. The van der Waals surface area contributed by atoms with E-state index in [0.29, 0.717) is 5.41 Å². The van der Waals surface area contributed by atoms with Crippen LogP contribution in [0.3, 0.4) is 0 Å². The average Bonchev–Trinajstić information content (AvgIpc) is 2.57. The molecule has 0 amide bonds. The first-order valence-corrected chi connectivity index (χ1v) is 8.20. The van der Waals surface area contributed by atoms with Crippen molar-refractivity contribution in [2.45, 2.75) is 43.9 Å². The first-order chi connectivity index (χ1) is 10.3. The van der Waals surface area contributed by atoms with Crippen LogP contribution in [0.1, 0.15) is 44.1 Å². The Morgan fingerprint density at radius 2 is 1.38 bits per heavy atom. The Bertz CT molecular complexity index is 545. The molecule has 1 heteroatoms. The van der Waals surface area contributed by atoms with Crippen LogP contribution in [-0.2, 0) is 5.41 Å². The van der Waals surface area contributed by atoms with E-state index < -0.39 is 0 Å². The van der Waals surface area contributed by atoms with Crippen LogP contribution in [0.4, 0.5) is 0 Å². The topological polar surface area (TPSA) is 26.0 Å². The molecule has 2 aromatic carbocycles. The number of rotatable bonds is 4. The van der Waals surface area contributed by atoms with Gasteiger partial charge in [-0.15, -0.1) is 0 Å². The van der Waals surface area contributed by atoms with E-state index in [1.165, 1.54) is 48.8 Å². The van der Waals surface area contributed by atoms with Crippen LogP contribution in [0.5, 0.6) is 0 Å². The van der Waals surface area contributed by atoms with Crippen LogP contribution < -0.4 is 5.73 Å². The molecule has 1 saturated carbocycles. The van der Waals surface area contributed by atoms with Crippen LogP contribution in [0, 0.1) is 0 Å². The Hall–Kier alpha value is -1.60. The van der Waals surface area contributed by atoms with Gasteiger partial charge in [-0.3, -0.25) is 0 Å². The third kappa shape index (κ3) is 3.03. The summed E-state index contributed by atoms with van der Waals surface area (Å²) in [5.41, 5.74) is 10.3. The minimum Gasteiger partial charge on any atom is -0.330 e. The number of benzene rings is 2. The third-order valence-electron chi connectivity index (χ3n) is 5.04. The Kier molecular flexibility index (Phi) is 4.40. The Labute approximate surface area is 128 Å². The molecule has 0 bridgehead atoms. The maximum atomic E-state index is 5.90. The molecule has 0 spiro atoms. The minimum absolute atomic E-state index is 0.336. The van der Waals surface area contributed by atoms with Crippen molar-refractivity contribution in [1.82, 2.24) is 0 Å². The molecule has 2 aromatic rings. The van der Waals surface area contributed by atoms with Gasteiger partial charge in [0.2, 0.25) is 0 Å². The summed E-state index contributed by atoms with van der Waals surface area (Å²) in [6, 6.07) is 19.8. The van der Waals surface area contributed by atoms with Crippen molar-refractivity contribution < 1.29 is 0 Å². The van der Waals surface area contributed by atoms with Crippen molar-refractivity contribution in [2.24, 2.45) is 5.73 Å². The smallest absolute Gasteiger partial charge is 0.00350 e. The number of hydrogen-bond donors (Lipinski definition) is 1. The van der Waals surface area contributed by atoms with Crippen molar-refractivity contribution in [3.63, 3.8) is 0 Å². The van der Waals surface area contributed by atoms with Crippen molar-refractivity contribution >= 4 is 0 Å². The summed E-state index contributed by atoms with van der Waals surface area (Å²) < 4.78 is 0. The standard InChI is InChI=1S/C20H25N/c21-16-15-20(13-5-2-6-14-20)19-11-9-18(10-12-19)17-7-3-1-4-8-17/h1,3-4,7-12H,2,5-6,13-16,21H2. The predicted octanol–water partition coefficient (Wildman–Crippen LogP) is 4.90. The summed E-state index contributed by atoms with van der Waals surface area (Å²) in [7, 11) is 0. The molecule has 0 unspecified atom stereocenters. The minimum atomic E-state index is 0.336. The van der Waals surface area contributed by atoms with Crippen molar-refractivity contribution in [2.75, 3.05) is 6.54 Å². The van der Waals surface area contributed by atoms with E-state index in [0.717, 1.165) is 13.0 Å². The highest BCUT2D eigenvalue weighted by molar-refractivity contribution is 5.63. The molecule has 0 aromatic heterocycles. The molecule has 0 radical (unpaired) electrons. The second kappa shape index (κ2) is 6.44. The number of hydrogen-bond acceptors (Lipinski definition) is 1. The zero-order valence-corrected chi connectivity index (χ0v) is 12.7. The lowest BCUT2D eigenvalue weighted by Crippen LogP contribution is -2.31. The van der Waals surface area contributed by atoms with Crippen molar-refractivity contribution in [3.05, 3.63) is 60.2 Å². The predicted molar refractivity (Wildman–Crippen MR) is 90.3 cm³/mol. The first-order valence-electron chi connectivity index (χ1n) is 8.20. The summed E-state index contributed by atoms with van der Waals surface area (Å²) in [4.78, 5) is 0. The second-order valence-electron chi connectivity index (χ2n) is 6.32. The summed E-state index contributed by atoms with van der Waals surface area (Å²) >= 11 is 0. The summed E-state index contributed by atoms with van der Waals surface area (Å²) in [6.45, 7) is 0.792. The number of nitrogens with two attached hydrogens (primary N) is 1. The molecule has 1 aliphatic carbocycles. The van der Waals surface area contributed by atoms with Gasteiger partial charge in [0.1, 0.15) is 0 Å². The maximum Gasteiger partial charge on any atom is -0.00350 e. The van der Waals surface area contributed by atoms with Crippen LogP contribution >= 0.6 is 0 Å². The summed E-state index contributed by atoms with van der Waals surface area (Å²) in [5.74, 6) is 0. The van der Waals surface area contributed by atoms with Crippen LogP contribution in [-0.4, -0.2) is 6.54 Å². The third-order valence-corrected chi connectivity index (χ3v) is 5.04. The van der Waals surface area contributed by atoms with Gasteiger partial charge in [-0.25, -0.2) is 0 Å². The lowest BCUT2D eigenvalue weighted by molar-refractivity contribution is 0.277. The first kappa shape index (κ1) is 14.3. The van der Waals surface area contributed by atoms with E-state index in [1.807, 2.05) is 0 Å². The second-order valence-corrected chi connectivity index (χ2v) is 6.32. The van der Waals surface area contributed by atoms with Gasteiger partial charge in [-0.1, -0.05) is 73.9 Å². The fourth-order valence-corrected chi connectivity index (χ4v) is 3.83. The van der Waals surface area contributed by atoms with Gasteiger partial charge in [0.25, 0.3) is 0 Å². The molecular formula is C20H25N. The normalized spacial score (nSPS) is 17.6. The highest BCUT2D eigenvalue weighted by Gasteiger charge is 2.32. The lowest BCUT2D eigenvalue weighted by atomic mass is 9.67. The molecule has 3 rings (SSSR count). The Morgan fingerprint density at radius 1 is 0.762 bits per heavy atom. The Morgan fingerprint density at radius 3 is 2.00 bits per heavy atom. The van der Waals surface area contributed by atoms with Gasteiger partial charge in [0.15, 0.2) is 0 Å². The highest BCUT2D eigenvalue weighted by atomic mass is 14.5. The van der Waals surface area contributed by atoms with E-state index in [9.17, 15) is 0 Å². The SMILES string of the molecule is NCCC1(c2ccc(-c3ccccc3)cc2)CCCCC1. The molecule has 0 saturated heterocycles. The molecule has 0 atom stereocenters. The molecule has 1 fully saturated rings. The quantitative estimate of drug-likeness (QED) is 0.846. The molecule has 1 nitrogen and oxygen atoms in total. The fraction of sp³-hybridized carbons (Fsp3) is 0.400. The van der Waals surface area contributed by atoms with E-state index >= 15 is 0 Å². The van der Waals surface area contributed by atoms with Gasteiger partial charge < -0.3 is 5.73 Å². The van der Waals surface area contributed by atoms with Crippen LogP contribution in [0.15, 0.2) is 54.6 Å². The molecule has 0 aliphatic heterocycles. The summed E-state index contributed by atoms with van der Waals surface area (Å²) in [5, 5.41) is 0. The monoisotopic (exact) mass is 279 g/mol. The molecule has 110 valence electrons. The van der Waals surface area contributed by atoms with Crippen LogP contribution in [0.25, 0.3) is 11.1 Å². The average molecular weight is 279 g/mol. The van der Waals surface area contributed by atoms with Gasteiger partial charge in [-0.05, 0) is 47.9 Å². The van der Waals surface area contributed by atoms with Gasteiger partial charge in [0.05, 0.1) is 0 Å². The van der Waals surface area contributed by atoms with Gasteiger partial charge in [-0.2, -0.15) is 0 Å². The highest BCUT2D eigenvalue weighted by Crippen LogP contribution is 2.42. The van der Waals surface area contributed by atoms with E-state index in [4.69, 9.17) is 5.73 Å². The lowest BCUT2D eigenvalue weighted by Gasteiger charge is -2.38. The molecule has 0 heterocycles. The van der Waals surface area contributed by atoms with Gasteiger partial charge in [0, 0.05) is 0 Å². The zero-order chi connectivity index (χ0) is 14.5. The molecule has 21 heavy (non-hydrogen) atoms. The van der Waals surface area contributed by atoms with E-state index in [1.54, 1.807) is 0 Å². The summed E-state index contributed by atoms with van der Waals surface area (Å²) in [6.07, 6.45) is 7.80. The maximum absolute atomic E-state index is 5.90. The van der Waals surface area contributed by atoms with E-state index in [-0.39, 0.29) is 0 Å². The Balaban J connectivity index is 1.88. The molecular weight excluding hydrogens is 254 g/mol.